The van der Waals surface area contributed by atoms with Crippen LogP contribution in [-0.2, 0) is 11.3 Å². The zero-order valence-electron chi connectivity index (χ0n) is 11.4. The third-order valence-corrected chi connectivity index (χ3v) is 3.36. The van der Waals surface area contributed by atoms with Crippen LogP contribution >= 0.6 is 0 Å². The molecule has 1 saturated heterocycles. The molecule has 0 aliphatic carbocycles. The lowest BCUT2D eigenvalue weighted by Crippen LogP contribution is -2.41. The van der Waals surface area contributed by atoms with E-state index in [2.05, 4.69) is 16.8 Å². The van der Waals surface area contributed by atoms with E-state index in [9.17, 15) is 4.39 Å². The van der Waals surface area contributed by atoms with Gasteiger partial charge >= 0.3 is 0 Å². The second-order valence-corrected chi connectivity index (χ2v) is 4.92. The van der Waals surface area contributed by atoms with Gasteiger partial charge in [0, 0.05) is 31.8 Å². The molecular formula is C14H22FN3O. The fraction of sp³-hybridized carbons (Fsp3) is 0.643. The van der Waals surface area contributed by atoms with E-state index in [1.807, 2.05) is 0 Å². The molecule has 1 atom stereocenters. The maximum Gasteiger partial charge on any atom is 0.141 e. The molecule has 1 unspecified atom stereocenters. The number of pyridine rings is 1. The van der Waals surface area contributed by atoms with Crippen LogP contribution in [0.3, 0.4) is 0 Å². The predicted molar refractivity (Wildman–Crippen MR) is 73.6 cm³/mol. The molecule has 19 heavy (non-hydrogen) atoms. The third-order valence-electron chi connectivity index (χ3n) is 3.36. The van der Waals surface area contributed by atoms with Crippen molar-refractivity contribution in [2.45, 2.75) is 38.8 Å². The van der Waals surface area contributed by atoms with Crippen molar-refractivity contribution in [2.75, 3.05) is 24.6 Å². The van der Waals surface area contributed by atoms with Gasteiger partial charge in [-0.1, -0.05) is 6.92 Å². The molecule has 0 radical (unpaired) electrons. The Hall–Kier alpha value is -1.20. The van der Waals surface area contributed by atoms with Crippen molar-refractivity contribution in [3.63, 3.8) is 0 Å². The minimum absolute atomic E-state index is 0.242. The Morgan fingerprint density at radius 1 is 1.58 bits per heavy atom. The standard InChI is InChI=1S/C14H22FN3O/c1-2-6-19-13-4-3-5-18(10-13)14-11(8-16)7-12(15)9-17-14/h7,9,13H,2-6,8,10,16H2,1H3. The van der Waals surface area contributed by atoms with Gasteiger partial charge < -0.3 is 15.4 Å². The molecule has 0 aromatic carbocycles. The van der Waals surface area contributed by atoms with Gasteiger partial charge in [0.1, 0.15) is 11.6 Å². The molecule has 2 rings (SSSR count). The van der Waals surface area contributed by atoms with Crippen molar-refractivity contribution in [2.24, 2.45) is 5.73 Å². The van der Waals surface area contributed by atoms with Crippen molar-refractivity contribution in [1.82, 2.24) is 4.98 Å². The summed E-state index contributed by atoms with van der Waals surface area (Å²) >= 11 is 0. The van der Waals surface area contributed by atoms with Crippen LogP contribution in [0.2, 0.25) is 0 Å². The Kier molecular flexibility index (Phi) is 5.10. The van der Waals surface area contributed by atoms with Crippen molar-refractivity contribution in [1.29, 1.82) is 0 Å². The van der Waals surface area contributed by atoms with Crippen LogP contribution in [0.15, 0.2) is 12.3 Å². The fourth-order valence-corrected chi connectivity index (χ4v) is 2.46. The summed E-state index contributed by atoms with van der Waals surface area (Å²) in [7, 11) is 0. The number of nitrogens with two attached hydrogens (primary N) is 1. The molecule has 5 heteroatoms. The lowest BCUT2D eigenvalue weighted by molar-refractivity contribution is 0.0439. The van der Waals surface area contributed by atoms with E-state index in [0.717, 1.165) is 50.3 Å². The van der Waals surface area contributed by atoms with Crippen LogP contribution in [-0.4, -0.2) is 30.8 Å². The molecule has 1 aliphatic rings. The highest BCUT2D eigenvalue weighted by molar-refractivity contribution is 5.47. The summed E-state index contributed by atoms with van der Waals surface area (Å²) in [5.41, 5.74) is 6.44. The van der Waals surface area contributed by atoms with Crippen LogP contribution < -0.4 is 10.6 Å². The summed E-state index contributed by atoms with van der Waals surface area (Å²) < 4.78 is 19.0. The average molecular weight is 267 g/mol. The molecule has 106 valence electrons. The molecule has 1 fully saturated rings. The molecule has 2 heterocycles. The maximum absolute atomic E-state index is 13.2. The number of hydrogen-bond donors (Lipinski definition) is 1. The first-order valence-electron chi connectivity index (χ1n) is 6.95. The summed E-state index contributed by atoms with van der Waals surface area (Å²) in [6.07, 6.45) is 4.67. The molecule has 0 spiro atoms. The van der Waals surface area contributed by atoms with Gasteiger partial charge in [0.05, 0.1) is 12.3 Å². The molecule has 2 N–H and O–H groups in total. The van der Waals surface area contributed by atoms with Crippen LogP contribution in [0.5, 0.6) is 0 Å². The monoisotopic (exact) mass is 267 g/mol. The van der Waals surface area contributed by atoms with E-state index in [1.165, 1.54) is 12.3 Å². The maximum atomic E-state index is 13.2. The average Bonchev–Trinajstić information content (AvgIpc) is 2.45. The van der Waals surface area contributed by atoms with E-state index in [4.69, 9.17) is 10.5 Å². The quantitative estimate of drug-likeness (QED) is 0.887. The van der Waals surface area contributed by atoms with Crippen LogP contribution in [0, 0.1) is 5.82 Å². The Morgan fingerprint density at radius 2 is 2.42 bits per heavy atom. The van der Waals surface area contributed by atoms with Gasteiger partial charge in [-0.05, 0) is 25.3 Å². The number of rotatable bonds is 5. The summed E-state index contributed by atoms with van der Waals surface area (Å²) in [6.45, 7) is 4.94. The number of halogens is 1. The topological polar surface area (TPSA) is 51.4 Å². The molecule has 1 aliphatic heterocycles. The zero-order chi connectivity index (χ0) is 13.7. The summed E-state index contributed by atoms with van der Waals surface area (Å²) in [5.74, 6) is 0.466. The molecule has 0 saturated carbocycles. The van der Waals surface area contributed by atoms with E-state index < -0.39 is 0 Å². The summed E-state index contributed by atoms with van der Waals surface area (Å²) in [6, 6.07) is 1.47. The van der Waals surface area contributed by atoms with Gasteiger partial charge in [0.15, 0.2) is 0 Å². The first kappa shape index (κ1) is 14.2. The first-order valence-corrected chi connectivity index (χ1v) is 6.95. The normalized spacial score (nSPS) is 19.7. The van der Waals surface area contributed by atoms with Crippen LogP contribution in [0.25, 0.3) is 0 Å². The highest BCUT2D eigenvalue weighted by Crippen LogP contribution is 2.23. The van der Waals surface area contributed by atoms with Crippen LogP contribution in [0.1, 0.15) is 31.7 Å². The minimum Gasteiger partial charge on any atom is -0.376 e. The number of anilines is 1. The van der Waals surface area contributed by atoms with Crippen molar-refractivity contribution in [3.8, 4) is 0 Å². The highest BCUT2D eigenvalue weighted by atomic mass is 19.1. The SMILES string of the molecule is CCCOC1CCCN(c2ncc(F)cc2CN)C1. The smallest absolute Gasteiger partial charge is 0.141 e. The molecule has 1 aromatic heterocycles. The lowest BCUT2D eigenvalue weighted by Gasteiger charge is -2.34. The second kappa shape index (κ2) is 6.82. The van der Waals surface area contributed by atoms with E-state index in [1.54, 1.807) is 0 Å². The zero-order valence-corrected chi connectivity index (χ0v) is 11.4. The largest absolute Gasteiger partial charge is 0.376 e. The number of aromatic nitrogens is 1. The minimum atomic E-state index is -0.333. The molecule has 0 amide bonds. The van der Waals surface area contributed by atoms with E-state index >= 15 is 0 Å². The Labute approximate surface area is 113 Å². The Morgan fingerprint density at radius 3 is 3.16 bits per heavy atom. The Balaban J connectivity index is 2.08. The summed E-state index contributed by atoms with van der Waals surface area (Å²) in [4.78, 5) is 6.36. The highest BCUT2D eigenvalue weighted by Gasteiger charge is 2.23. The number of piperidine rings is 1. The van der Waals surface area contributed by atoms with Gasteiger partial charge in [0.25, 0.3) is 0 Å². The van der Waals surface area contributed by atoms with Gasteiger partial charge in [0.2, 0.25) is 0 Å². The van der Waals surface area contributed by atoms with Crippen LogP contribution in [0.4, 0.5) is 10.2 Å². The van der Waals surface area contributed by atoms with E-state index in [0.29, 0.717) is 6.54 Å². The summed E-state index contributed by atoms with van der Waals surface area (Å²) in [5, 5.41) is 0. The number of nitrogens with zero attached hydrogens (tertiary/aromatic N) is 2. The lowest BCUT2D eigenvalue weighted by atomic mass is 10.1. The fourth-order valence-electron chi connectivity index (χ4n) is 2.46. The molecule has 1 aromatic rings. The van der Waals surface area contributed by atoms with E-state index in [-0.39, 0.29) is 11.9 Å². The molecular weight excluding hydrogens is 245 g/mol. The molecule has 4 nitrogen and oxygen atoms in total. The Bertz CT molecular complexity index is 414. The first-order chi connectivity index (χ1) is 9.24. The third kappa shape index (κ3) is 3.64. The molecule has 0 bridgehead atoms. The van der Waals surface area contributed by atoms with Crippen molar-refractivity contribution >= 4 is 5.82 Å². The predicted octanol–water partition coefficient (Wildman–Crippen LogP) is 2.07. The van der Waals surface area contributed by atoms with Gasteiger partial charge in [-0.2, -0.15) is 0 Å². The van der Waals surface area contributed by atoms with Gasteiger partial charge in [-0.25, -0.2) is 9.37 Å². The van der Waals surface area contributed by atoms with Gasteiger partial charge in [-0.3, -0.25) is 0 Å². The number of ether oxygens (including phenoxy) is 1. The van der Waals surface area contributed by atoms with Crippen molar-refractivity contribution in [3.05, 3.63) is 23.6 Å². The second-order valence-electron chi connectivity index (χ2n) is 4.92. The number of hydrogen-bond acceptors (Lipinski definition) is 4. The van der Waals surface area contributed by atoms with Gasteiger partial charge in [-0.15, -0.1) is 0 Å². The van der Waals surface area contributed by atoms with Crippen molar-refractivity contribution < 1.29 is 9.13 Å².